The van der Waals surface area contributed by atoms with E-state index in [9.17, 15) is 9.59 Å². The van der Waals surface area contributed by atoms with Crippen molar-refractivity contribution < 1.29 is 19.1 Å². The number of carbonyl (C=O) groups excluding carboxylic acids is 2. The second-order valence-corrected chi connectivity index (χ2v) is 8.57. The Morgan fingerprint density at radius 3 is 2.72 bits per heavy atom. The number of ether oxygens (including phenoxy) is 2. The summed E-state index contributed by atoms with van der Waals surface area (Å²) >= 11 is 1.05. The predicted octanol–water partition coefficient (Wildman–Crippen LogP) is 3.91. The molecule has 0 bridgehead atoms. The third-order valence-corrected chi connectivity index (χ3v) is 4.36. The number of thioether (sulfide) groups is 1. The van der Waals surface area contributed by atoms with Gasteiger partial charge in [-0.05, 0) is 64.6 Å². The number of rotatable bonds is 3. The number of nitrogens with zero attached hydrogens (tertiary/aromatic N) is 3. The average molecular weight is 414 g/mol. The third-order valence-electron chi connectivity index (χ3n) is 3.45. The second-order valence-electron chi connectivity index (χ2n) is 7.54. The van der Waals surface area contributed by atoms with Gasteiger partial charge < -0.3 is 14.8 Å². The first-order chi connectivity index (χ1) is 13.6. The Labute approximate surface area is 172 Å². The van der Waals surface area contributed by atoms with E-state index in [0.717, 1.165) is 11.8 Å². The molecule has 0 radical (unpaired) electrons. The Balaban J connectivity index is 1.85. The molecule has 3 rings (SSSR count). The van der Waals surface area contributed by atoms with Crippen molar-refractivity contribution in [3.63, 3.8) is 0 Å². The summed E-state index contributed by atoms with van der Waals surface area (Å²) in [5.41, 5.74) is 1.21. The monoisotopic (exact) mass is 414 g/mol. The van der Waals surface area contributed by atoms with Gasteiger partial charge >= 0.3 is 6.09 Å². The SMILES string of the molecule is CC(C)Oc1ccnc2ccc(/C=C3/S/C(=N/C(=O)OC(C)(C)C)NC3=O)nc12. The first kappa shape index (κ1) is 20.8. The topological polar surface area (TPSA) is 103 Å². The van der Waals surface area contributed by atoms with Gasteiger partial charge in [0.1, 0.15) is 16.9 Å². The smallest absolute Gasteiger partial charge is 0.436 e. The van der Waals surface area contributed by atoms with Crippen molar-refractivity contribution in [1.82, 2.24) is 15.3 Å². The van der Waals surface area contributed by atoms with Gasteiger partial charge in [-0.2, -0.15) is 4.99 Å². The van der Waals surface area contributed by atoms with Gasteiger partial charge in [0.15, 0.2) is 5.17 Å². The minimum atomic E-state index is -0.757. The Morgan fingerprint density at radius 2 is 2.03 bits per heavy atom. The summed E-state index contributed by atoms with van der Waals surface area (Å²) in [6, 6.07) is 5.34. The number of hydrogen-bond donors (Lipinski definition) is 1. The molecule has 0 spiro atoms. The zero-order chi connectivity index (χ0) is 21.2. The van der Waals surface area contributed by atoms with Crippen molar-refractivity contribution in [3.05, 3.63) is 35.0 Å². The first-order valence-electron chi connectivity index (χ1n) is 9.06. The molecule has 0 saturated carbocycles. The van der Waals surface area contributed by atoms with Crippen LogP contribution in [-0.2, 0) is 9.53 Å². The predicted molar refractivity (Wildman–Crippen MR) is 113 cm³/mol. The van der Waals surface area contributed by atoms with Crippen LogP contribution in [0.15, 0.2) is 34.3 Å². The van der Waals surface area contributed by atoms with E-state index in [1.807, 2.05) is 19.9 Å². The Kier molecular flexibility index (Phi) is 5.88. The summed E-state index contributed by atoms with van der Waals surface area (Å²) in [7, 11) is 0. The van der Waals surface area contributed by atoms with Gasteiger partial charge in [-0.3, -0.25) is 9.78 Å². The number of pyridine rings is 2. The zero-order valence-electron chi connectivity index (χ0n) is 16.8. The minimum Gasteiger partial charge on any atom is -0.489 e. The van der Waals surface area contributed by atoms with E-state index >= 15 is 0 Å². The van der Waals surface area contributed by atoms with Crippen LogP contribution in [-0.4, -0.2) is 38.8 Å². The molecule has 8 nitrogen and oxygen atoms in total. The van der Waals surface area contributed by atoms with Crippen molar-refractivity contribution in [2.75, 3.05) is 0 Å². The number of nitrogens with one attached hydrogen (secondary N) is 1. The van der Waals surface area contributed by atoms with Crippen LogP contribution < -0.4 is 10.1 Å². The second kappa shape index (κ2) is 8.20. The molecule has 1 aliphatic rings. The fourth-order valence-corrected chi connectivity index (χ4v) is 3.22. The zero-order valence-corrected chi connectivity index (χ0v) is 17.7. The van der Waals surface area contributed by atoms with Gasteiger partial charge in [0.05, 0.1) is 22.2 Å². The summed E-state index contributed by atoms with van der Waals surface area (Å²) in [4.78, 5) is 37.1. The first-order valence-corrected chi connectivity index (χ1v) is 9.87. The fourth-order valence-electron chi connectivity index (χ4n) is 2.43. The molecule has 0 atom stereocenters. The van der Waals surface area contributed by atoms with E-state index in [1.165, 1.54) is 0 Å². The Hall–Kier alpha value is -2.94. The van der Waals surface area contributed by atoms with Crippen LogP contribution in [0.2, 0.25) is 0 Å². The van der Waals surface area contributed by atoms with Crippen molar-refractivity contribution in [3.8, 4) is 5.75 Å². The Bertz CT molecular complexity index is 1020. The van der Waals surface area contributed by atoms with Gasteiger partial charge in [0.2, 0.25) is 0 Å². The number of carbonyl (C=O) groups is 2. The average Bonchev–Trinajstić information content (AvgIpc) is 2.92. The summed E-state index contributed by atoms with van der Waals surface area (Å²) < 4.78 is 10.9. The molecular formula is C20H22N4O4S. The number of amides is 2. The molecule has 1 N–H and O–H groups in total. The maximum absolute atomic E-state index is 12.2. The molecule has 0 aromatic carbocycles. The lowest BCUT2D eigenvalue weighted by molar-refractivity contribution is -0.115. The molecule has 0 aliphatic carbocycles. The van der Waals surface area contributed by atoms with Crippen LogP contribution in [0.25, 0.3) is 17.1 Å². The van der Waals surface area contributed by atoms with Crippen LogP contribution in [0, 0.1) is 0 Å². The number of aliphatic imine (C=N–C) groups is 1. The molecule has 2 aromatic heterocycles. The van der Waals surface area contributed by atoms with Gasteiger partial charge in [-0.25, -0.2) is 9.78 Å². The number of hydrogen-bond acceptors (Lipinski definition) is 7. The van der Waals surface area contributed by atoms with Crippen LogP contribution in [0.5, 0.6) is 5.75 Å². The van der Waals surface area contributed by atoms with Gasteiger partial charge in [-0.1, -0.05) is 0 Å². The summed E-state index contributed by atoms with van der Waals surface area (Å²) in [6.07, 6.45) is 2.53. The van der Waals surface area contributed by atoms with E-state index in [-0.39, 0.29) is 17.2 Å². The molecule has 29 heavy (non-hydrogen) atoms. The van der Waals surface area contributed by atoms with E-state index in [2.05, 4.69) is 20.3 Å². The quantitative estimate of drug-likeness (QED) is 0.760. The van der Waals surface area contributed by atoms with Crippen LogP contribution >= 0.6 is 11.8 Å². The summed E-state index contributed by atoms with van der Waals surface area (Å²) in [5.74, 6) is 0.269. The summed E-state index contributed by atoms with van der Waals surface area (Å²) in [6.45, 7) is 9.10. The fraction of sp³-hybridized carbons (Fsp3) is 0.350. The molecule has 3 heterocycles. The third kappa shape index (κ3) is 5.54. The lowest BCUT2D eigenvalue weighted by atomic mass is 10.2. The highest BCUT2D eigenvalue weighted by atomic mass is 32.2. The van der Waals surface area contributed by atoms with Gasteiger partial charge in [0.25, 0.3) is 5.91 Å². The van der Waals surface area contributed by atoms with Crippen molar-refractivity contribution in [2.24, 2.45) is 4.99 Å². The van der Waals surface area contributed by atoms with E-state index in [4.69, 9.17) is 9.47 Å². The highest BCUT2D eigenvalue weighted by molar-refractivity contribution is 8.18. The van der Waals surface area contributed by atoms with Crippen LogP contribution in [0.3, 0.4) is 0 Å². The van der Waals surface area contributed by atoms with Gasteiger partial charge in [-0.15, -0.1) is 0 Å². The van der Waals surface area contributed by atoms with E-state index in [0.29, 0.717) is 27.4 Å². The minimum absolute atomic E-state index is 0.00722. The molecular weight excluding hydrogens is 392 g/mol. The maximum atomic E-state index is 12.2. The molecule has 9 heteroatoms. The molecule has 152 valence electrons. The van der Waals surface area contributed by atoms with Crippen molar-refractivity contribution in [1.29, 1.82) is 0 Å². The largest absolute Gasteiger partial charge is 0.489 e. The highest BCUT2D eigenvalue weighted by Crippen LogP contribution is 2.28. The van der Waals surface area contributed by atoms with Crippen molar-refractivity contribution in [2.45, 2.75) is 46.3 Å². The van der Waals surface area contributed by atoms with E-state index < -0.39 is 11.7 Å². The molecule has 1 aliphatic heterocycles. The standard InChI is InChI=1S/C20H22N4O4S/c1-11(2)27-14-8-9-21-13-7-6-12(22-16(13)14)10-15-17(25)23-18(29-15)24-19(26)28-20(3,4)5/h6-11H,1-5H3,(H,23,24,25,26)/b15-10+. The molecule has 1 saturated heterocycles. The molecule has 2 amide bonds. The van der Waals surface area contributed by atoms with E-state index in [1.54, 1.807) is 45.2 Å². The Morgan fingerprint density at radius 1 is 1.28 bits per heavy atom. The maximum Gasteiger partial charge on any atom is 0.436 e. The molecule has 1 fully saturated rings. The van der Waals surface area contributed by atoms with Crippen LogP contribution in [0.1, 0.15) is 40.3 Å². The number of amidine groups is 1. The van der Waals surface area contributed by atoms with Crippen molar-refractivity contribution >= 4 is 46.0 Å². The number of aromatic nitrogens is 2. The highest BCUT2D eigenvalue weighted by Gasteiger charge is 2.26. The number of fused-ring (bicyclic) bond motifs is 1. The van der Waals surface area contributed by atoms with Crippen LogP contribution in [0.4, 0.5) is 4.79 Å². The lowest BCUT2D eigenvalue weighted by Crippen LogP contribution is -2.25. The molecule has 2 aromatic rings. The summed E-state index contributed by atoms with van der Waals surface area (Å²) in [5, 5.41) is 2.72. The normalized spacial score (nSPS) is 17.2. The van der Waals surface area contributed by atoms with Gasteiger partial charge in [0, 0.05) is 12.3 Å². The lowest BCUT2D eigenvalue weighted by Gasteiger charge is -2.17. The molecule has 0 unspecified atom stereocenters.